The second-order valence-corrected chi connectivity index (χ2v) is 8.16. The highest BCUT2D eigenvalue weighted by Crippen LogP contribution is 2.39. The maximum atomic E-state index is 13.0. The fourth-order valence-corrected chi connectivity index (χ4v) is 4.47. The molecule has 1 N–H and O–H groups in total. The summed E-state index contributed by atoms with van der Waals surface area (Å²) < 4.78 is 0. The average molecular weight is 381 g/mol. The van der Waals surface area contributed by atoms with Crippen LogP contribution in [0.3, 0.4) is 0 Å². The summed E-state index contributed by atoms with van der Waals surface area (Å²) in [4.78, 5) is 40.8. The third kappa shape index (κ3) is 3.93. The lowest BCUT2D eigenvalue weighted by atomic mass is 9.73. The van der Waals surface area contributed by atoms with Crippen LogP contribution in [0.25, 0.3) is 0 Å². The van der Waals surface area contributed by atoms with E-state index < -0.39 is 0 Å². The lowest BCUT2D eigenvalue weighted by Gasteiger charge is -2.48. The SMILES string of the molecule is Cc1ccc(C(=O)N2CCC[C@]3(CCC(=O)N(CCc4cnc[nH]4)C3)C2)cn1. The molecule has 1 spiro atoms. The summed E-state index contributed by atoms with van der Waals surface area (Å²) in [7, 11) is 0. The van der Waals surface area contributed by atoms with Crippen LogP contribution in [0.5, 0.6) is 0 Å². The van der Waals surface area contributed by atoms with Crippen LogP contribution in [0.1, 0.15) is 47.4 Å². The summed E-state index contributed by atoms with van der Waals surface area (Å²) in [6.45, 7) is 4.83. The number of nitrogens with one attached hydrogen (secondary N) is 1. The van der Waals surface area contributed by atoms with Gasteiger partial charge < -0.3 is 14.8 Å². The number of carbonyl (C=O) groups is 2. The van der Waals surface area contributed by atoms with Gasteiger partial charge in [-0.2, -0.15) is 0 Å². The zero-order valence-corrected chi connectivity index (χ0v) is 16.4. The van der Waals surface area contributed by atoms with Gasteiger partial charge in [-0.15, -0.1) is 0 Å². The number of nitrogens with zero attached hydrogens (tertiary/aromatic N) is 4. The molecule has 7 heteroatoms. The van der Waals surface area contributed by atoms with Crippen molar-refractivity contribution in [3.8, 4) is 0 Å². The normalized spacial score (nSPS) is 22.7. The van der Waals surface area contributed by atoms with Gasteiger partial charge in [0.15, 0.2) is 0 Å². The predicted octanol–water partition coefficient (Wildman–Crippen LogP) is 2.20. The van der Waals surface area contributed by atoms with Gasteiger partial charge in [0.25, 0.3) is 5.91 Å². The van der Waals surface area contributed by atoms with Crippen molar-refractivity contribution < 1.29 is 9.59 Å². The third-order valence-corrected chi connectivity index (χ3v) is 6.06. The average Bonchev–Trinajstić information content (AvgIpc) is 3.23. The molecule has 0 aliphatic carbocycles. The smallest absolute Gasteiger partial charge is 0.255 e. The molecule has 2 aliphatic heterocycles. The summed E-state index contributed by atoms with van der Waals surface area (Å²) in [5.41, 5.74) is 2.60. The van der Waals surface area contributed by atoms with Crippen LogP contribution in [-0.2, 0) is 11.2 Å². The fourth-order valence-electron chi connectivity index (χ4n) is 4.47. The highest BCUT2D eigenvalue weighted by Gasteiger charge is 2.42. The first-order valence-corrected chi connectivity index (χ1v) is 10.0. The van der Waals surface area contributed by atoms with Crippen LogP contribution < -0.4 is 0 Å². The van der Waals surface area contributed by atoms with E-state index in [1.165, 1.54) is 0 Å². The first kappa shape index (κ1) is 18.7. The van der Waals surface area contributed by atoms with Gasteiger partial charge in [-0.05, 0) is 38.3 Å². The Morgan fingerprint density at radius 3 is 2.89 bits per heavy atom. The van der Waals surface area contributed by atoms with Crippen molar-refractivity contribution in [1.82, 2.24) is 24.8 Å². The fraction of sp³-hybridized carbons (Fsp3) is 0.524. The first-order chi connectivity index (χ1) is 13.5. The van der Waals surface area contributed by atoms with Gasteiger partial charge >= 0.3 is 0 Å². The third-order valence-electron chi connectivity index (χ3n) is 6.06. The number of pyridine rings is 1. The topological polar surface area (TPSA) is 82.2 Å². The van der Waals surface area contributed by atoms with Crippen molar-refractivity contribution in [2.45, 2.75) is 39.0 Å². The minimum Gasteiger partial charge on any atom is -0.348 e. The van der Waals surface area contributed by atoms with E-state index in [-0.39, 0.29) is 17.2 Å². The van der Waals surface area contributed by atoms with E-state index in [0.717, 1.165) is 50.2 Å². The number of piperidine rings is 2. The molecule has 0 saturated carbocycles. The van der Waals surface area contributed by atoms with E-state index in [4.69, 9.17) is 0 Å². The van der Waals surface area contributed by atoms with Crippen molar-refractivity contribution in [2.24, 2.45) is 5.41 Å². The molecule has 4 heterocycles. The Labute approximate surface area is 165 Å². The number of hydrogen-bond donors (Lipinski definition) is 1. The van der Waals surface area contributed by atoms with Gasteiger partial charge in [0.1, 0.15) is 0 Å². The maximum Gasteiger partial charge on any atom is 0.255 e. The summed E-state index contributed by atoms with van der Waals surface area (Å²) in [5.74, 6) is 0.267. The molecule has 2 fully saturated rings. The molecule has 0 aromatic carbocycles. The van der Waals surface area contributed by atoms with E-state index in [1.54, 1.807) is 18.7 Å². The second-order valence-electron chi connectivity index (χ2n) is 8.16. The van der Waals surface area contributed by atoms with Crippen LogP contribution in [0.15, 0.2) is 30.9 Å². The molecular formula is C21H27N5O2. The Morgan fingerprint density at radius 2 is 2.14 bits per heavy atom. The highest BCUT2D eigenvalue weighted by atomic mass is 16.2. The molecule has 2 saturated heterocycles. The molecule has 7 nitrogen and oxygen atoms in total. The van der Waals surface area contributed by atoms with Gasteiger partial charge in [-0.3, -0.25) is 14.6 Å². The molecule has 2 aromatic heterocycles. The predicted molar refractivity (Wildman–Crippen MR) is 105 cm³/mol. The number of H-pyrrole nitrogens is 1. The molecule has 2 amide bonds. The molecule has 2 aromatic rings. The molecule has 0 radical (unpaired) electrons. The molecule has 4 rings (SSSR count). The van der Waals surface area contributed by atoms with Gasteiger partial charge in [0.2, 0.25) is 5.91 Å². The standard InChI is InChI=1S/C21H27N5O2/c1-16-3-4-17(11-23-16)20(28)26-9-2-7-21(14-26)8-5-19(27)25(13-21)10-6-18-12-22-15-24-18/h3-4,11-12,15H,2,5-10,13-14H2,1H3,(H,22,24)/t21-/m1/s1. The van der Waals surface area contributed by atoms with Gasteiger partial charge in [0, 0.05) is 68.2 Å². The van der Waals surface area contributed by atoms with Gasteiger partial charge in [-0.1, -0.05) is 0 Å². The first-order valence-electron chi connectivity index (χ1n) is 10.0. The van der Waals surface area contributed by atoms with E-state index in [0.29, 0.717) is 25.1 Å². The van der Waals surface area contributed by atoms with E-state index in [1.807, 2.05) is 28.9 Å². The number of imidazole rings is 1. The monoisotopic (exact) mass is 381 g/mol. The lowest BCUT2D eigenvalue weighted by molar-refractivity contribution is -0.138. The summed E-state index contributed by atoms with van der Waals surface area (Å²) in [6.07, 6.45) is 9.39. The Hall–Kier alpha value is -2.70. The summed E-state index contributed by atoms with van der Waals surface area (Å²) >= 11 is 0. The minimum absolute atomic E-state index is 0.00787. The van der Waals surface area contributed by atoms with Crippen LogP contribution >= 0.6 is 0 Å². The molecule has 0 unspecified atom stereocenters. The number of amides is 2. The maximum absolute atomic E-state index is 13.0. The van der Waals surface area contributed by atoms with E-state index in [2.05, 4.69) is 15.0 Å². The lowest BCUT2D eigenvalue weighted by Crippen LogP contribution is -2.55. The van der Waals surface area contributed by atoms with Crippen molar-refractivity contribution >= 4 is 11.8 Å². The molecule has 148 valence electrons. The van der Waals surface area contributed by atoms with Crippen LogP contribution in [0.4, 0.5) is 0 Å². The Bertz CT molecular complexity index is 833. The van der Waals surface area contributed by atoms with Crippen molar-refractivity contribution in [3.63, 3.8) is 0 Å². The number of rotatable bonds is 4. The second kappa shape index (κ2) is 7.73. The Balaban J connectivity index is 1.43. The number of likely N-dealkylation sites (tertiary alicyclic amines) is 2. The molecule has 28 heavy (non-hydrogen) atoms. The molecule has 0 bridgehead atoms. The zero-order valence-electron chi connectivity index (χ0n) is 16.4. The number of aromatic amines is 1. The quantitative estimate of drug-likeness (QED) is 0.880. The number of carbonyl (C=O) groups excluding carboxylic acids is 2. The van der Waals surface area contributed by atoms with Crippen molar-refractivity contribution in [1.29, 1.82) is 0 Å². The highest BCUT2D eigenvalue weighted by molar-refractivity contribution is 5.94. The number of hydrogen-bond acceptors (Lipinski definition) is 4. The molecule has 1 atom stereocenters. The summed E-state index contributed by atoms with van der Waals surface area (Å²) in [5, 5.41) is 0. The van der Waals surface area contributed by atoms with Crippen LogP contribution in [0, 0.1) is 12.3 Å². The number of aryl methyl sites for hydroxylation is 1. The molecular weight excluding hydrogens is 354 g/mol. The van der Waals surface area contributed by atoms with E-state index in [9.17, 15) is 9.59 Å². The Kier molecular flexibility index (Phi) is 5.15. The largest absolute Gasteiger partial charge is 0.348 e. The van der Waals surface area contributed by atoms with Gasteiger partial charge in [-0.25, -0.2) is 4.98 Å². The van der Waals surface area contributed by atoms with Crippen LogP contribution in [0.2, 0.25) is 0 Å². The van der Waals surface area contributed by atoms with E-state index >= 15 is 0 Å². The summed E-state index contributed by atoms with van der Waals surface area (Å²) in [6, 6.07) is 3.73. The Morgan fingerprint density at radius 1 is 1.25 bits per heavy atom. The van der Waals surface area contributed by atoms with Gasteiger partial charge in [0.05, 0.1) is 11.9 Å². The number of aromatic nitrogens is 3. The zero-order chi connectivity index (χ0) is 19.6. The van der Waals surface area contributed by atoms with Crippen molar-refractivity contribution in [3.05, 3.63) is 47.8 Å². The molecule has 2 aliphatic rings. The van der Waals surface area contributed by atoms with Crippen molar-refractivity contribution in [2.75, 3.05) is 26.2 Å². The minimum atomic E-state index is 0.00787. The van der Waals surface area contributed by atoms with Crippen LogP contribution in [-0.4, -0.2) is 62.7 Å².